The van der Waals surface area contributed by atoms with Crippen LogP contribution in [0.3, 0.4) is 0 Å². The Morgan fingerprint density at radius 3 is 1.94 bits per heavy atom. The normalized spacial score (nSPS) is 11.3. The Morgan fingerprint density at radius 2 is 1.41 bits per heavy atom. The van der Waals surface area contributed by atoms with E-state index in [1.165, 1.54) is 6.07 Å². The van der Waals surface area contributed by atoms with E-state index in [1.807, 2.05) is 66.7 Å². The van der Waals surface area contributed by atoms with Gasteiger partial charge in [0.25, 0.3) is 0 Å². The van der Waals surface area contributed by atoms with Crippen molar-refractivity contribution in [2.45, 2.75) is 10.9 Å². The Bertz CT molecular complexity index is 1280. The summed E-state index contributed by atoms with van der Waals surface area (Å²) in [4.78, 5) is 13.3. The smallest absolute Gasteiger partial charge is 0.236 e. The zero-order valence-corrected chi connectivity index (χ0v) is 18.2. The van der Waals surface area contributed by atoms with Gasteiger partial charge in [-0.1, -0.05) is 72.8 Å². The lowest BCUT2D eigenvalue weighted by Gasteiger charge is -2.18. The van der Waals surface area contributed by atoms with Crippen LogP contribution in [0.25, 0.3) is 11.3 Å². The standard InChI is InChI=1S/C25H21N3O3S/c1-32(30,31)23-16-15-22(27-28-23)20-13-8-14-21(17-20)26-25(29)24(18-9-4-2-5-10-18)19-11-6-3-7-12-19/h2-17,24H,1H3,(H,26,29). The molecule has 0 saturated carbocycles. The van der Waals surface area contributed by atoms with E-state index < -0.39 is 15.8 Å². The highest BCUT2D eigenvalue weighted by Gasteiger charge is 2.22. The van der Waals surface area contributed by atoms with Gasteiger partial charge in [-0.25, -0.2) is 8.42 Å². The number of amides is 1. The van der Waals surface area contributed by atoms with E-state index in [-0.39, 0.29) is 10.9 Å². The van der Waals surface area contributed by atoms with Crippen molar-refractivity contribution in [2.75, 3.05) is 11.6 Å². The number of nitrogens with zero attached hydrogens (tertiary/aromatic N) is 2. The monoisotopic (exact) mass is 443 g/mol. The largest absolute Gasteiger partial charge is 0.325 e. The zero-order chi connectivity index (χ0) is 22.6. The van der Waals surface area contributed by atoms with E-state index in [0.717, 1.165) is 17.4 Å². The van der Waals surface area contributed by atoms with E-state index in [0.29, 0.717) is 16.9 Å². The molecule has 0 bridgehead atoms. The maximum Gasteiger partial charge on any atom is 0.236 e. The Hall–Kier alpha value is -3.84. The van der Waals surface area contributed by atoms with Gasteiger partial charge in [-0.3, -0.25) is 4.79 Å². The van der Waals surface area contributed by atoms with Crippen molar-refractivity contribution in [1.82, 2.24) is 10.2 Å². The summed E-state index contributed by atoms with van der Waals surface area (Å²) in [7, 11) is -3.42. The van der Waals surface area contributed by atoms with Crippen molar-refractivity contribution in [3.63, 3.8) is 0 Å². The second kappa shape index (κ2) is 9.11. The molecule has 1 amide bonds. The highest BCUT2D eigenvalue weighted by Crippen LogP contribution is 2.27. The first-order valence-corrected chi connectivity index (χ1v) is 11.9. The molecule has 0 radical (unpaired) electrons. The average Bonchev–Trinajstić information content (AvgIpc) is 2.80. The van der Waals surface area contributed by atoms with Crippen LogP contribution in [0, 0.1) is 0 Å². The van der Waals surface area contributed by atoms with Crippen molar-refractivity contribution in [3.05, 3.63) is 108 Å². The van der Waals surface area contributed by atoms with Crippen molar-refractivity contribution in [1.29, 1.82) is 0 Å². The van der Waals surface area contributed by atoms with Gasteiger partial charge in [-0.05, 0) is 35.4 Å². The molecular weight excluding hydrogens is 422 g/mol. The molecular formula is C25H21N3O3S. The average molecular weight is 444 g/mol. The lowest BCUT2D eigenvalue weighted by molar-refractivity contribution is -0.116. The molecule has 0 fully saturated rings. The highest BCUT2D eigenvalue weighted by molar-refractivity contribution is 7.90. The van der Waals surface area contributed by atoms with Gasteiger partial charge in [0.15, 0.2) is 14.9 Å². The van der Waals surface area contributed by atoms with Crippen molar-refractivity contribution < 1.29 is 13.2 Å². The summed E-state index contributed by atoms with van der Waals surface area (Å²) >= 11 is 0. The predicted molar refractivity (Wildman–Crippen MR) is 124 cm³/mol. The summed E-state index contributed by atoms with van der Waals surface area (Å²) in [6.07, 6.45) is 1.09. The number of anilines is 1. The minimum absolute atomic E-state index is 0.0840. The van der Waals surface area contributed by atoms with Gasteiger partial charge in [0.05, 0.1) is 11.6 Å². The summed E-state index contributed by atoms with van der Waals surface area (Å²) in [5, 5.41) is 10.7. The van der Waals surface area contributed by atoms with E-state index in [2.05, 4.69) is 15.5 Å². The SMILES string of the molecule is CS(=O)(=O)c1ccc(-c2cccc(NC(=O)C(c3ccccc3)c3ccccc3)c2)nn1. The molecule has 7 heteroatoms. The lowest BCUT2D eigenvalue weighted by atomic mass is 9.90. The summed E-state index contributed by atoms with van der Waals surface area (Å²) < 4.78 is 23.2. The molecule has 1 N–H and O–H groups in total. The van der Waals surface area contributed by atoms with Crippen molar-refractivity contribution in [2.24, 2.45) is 0 Å². The fourth-order valence-corrected chi connectivity index (χ4v) is 3.93. The van der Waals surface area contributed by atoms with Crippen LogP contribution in [0.5, 0.6) is 0 Å². The molecule has 6 nitrogen and oxygen atoms in total. The minimum Gasteiger partial charge on any atom is -0.325 e. The summed E-state index contributed by atoms with van der Waals surface area (Å²) in [5.74, 6) is -0.618. The van der Waals surface area contributed by atoms with Crippen molar-refractivity contribution in [3.8, 4) is 11.3 Å². The molecule has 0 saturated heterocycles. The molecule has 32 heavy (non-hydrogen) atoms. The molecule has 0 spiro atoms. The van der Waals surface area contributed by atoms with Gasteiger partial charge < -0.3 is 5.32 Å². The van der Waals surface area contributed by atoms with Crippen LogP contribution in [-0.2, 0) is 14.6 Å². The molecule has 4 rings (SSSR count). The molecule has 160 valence electrons. The second-order valence-electron chi connectivity index (χ2n) is 7.35. The van der Waals surface area contributed by atoms with E-state index >= 15 is 0 Å². The molecule has 4 aromatic rings. The van der Waals surface area contributed by atoms with Gasteiger partial charge in [-0.15, -0.1) is 10.2 Å². The van der Waals surface area contributed by atoms with Crippen LogP contribution >= 0.6 is 0 Å². The van der Waals surface area contributed by atoms with Crippen LogP contribution in [0.4, 0.5) is 5.69 Å². The number of hydrogen-bond acceptors (Lipinski definition) is 5. The molecule has 0 aliphatic carbocycles. The maximum absolute atomic E-state index is 13.3. The number of aromatic nitrogens is 2. The number of hydrogen-bond donors (Lipinski definition) is 1. The Balaban J connectivity index is 1.61. The summed E-state index contributed by atoms with van der Waals surface area (Å²) in [6, 6.07) is 29.5. The highest BCUT2D eigenvalue weighted by atomic mass is 32.2. The van der Waals surface area contributed by atoms with E-state index in [1.54, 1.807) is 24.3 Å². The van der Waals surface area contributed by atoms with Gasteiger partial charge in [0.2, 0.25) is 5.91 Å². The second-order valence-corrected chi connectivity index (χ2v) is 9.32. The van der Waals surface area contributed by atoms with E-state index in [9.17, 15) is 13.2 Å². The Labute approximate surface area is 186 Å². The zero-order valence-electron chi connectivity index (χ0n) is 17.3. The quantitative estimate of drug-likeness (QED) is 0.479. The molecule has 1 aromatic heterocycles. The summed E-state index contributed by atoms with van der Waals surface area (Å²) in [5.41, 5.74) is 3.63. The fourth-order valence-electron chi connectivity index (χ4n) is 3.43. The lowest BCUT2D eigenvalue weighted by Crippen LogP contribution is -2.22. The number of nitrogens with one attached hydrogen (secondary N) is 1. The molecule has 3 aromatic carbocycles. The van der Waals surface area contributed by atoms with Gasteiger partial charge in [0, 0.05) is 17.5 Å². The van der Waals surface area contributed by atoms with Crippen molar-refractivity contribution >= 4 is 21.4 Å². The first-order valence-electron chi connectivity index (χ1n) is 9.97. The number of sulfone groups is 1. The molecule has 0 unspecified atom stereocenters. The molecule has 0 aliphatic heterocycles. The first kappa shape index (κ1) is 21.4. The Kier molecular flexibility index (Phi) is 6.09. The van der Waals surface area contributed by atoms with Gasteiger partial charge in [-0.2, -0.15) is 0 Å². The maximum atomic E-state index is 13.3. The fraction of sp³-hybridized carbons (Fsp3) is 0.0800. The third-order valence-corrected chi connectivity index (χ3v) is 5.95. The third kappa shape index (κ3) is 4.90. The van der Waals surface area contributed by atoms with Gasteiger partial charge >= 0.3 is 0 Å². The van der Waals surface area contributed by atoms with Crippen LogP contribution in [-0.4, -0.2) is 30.8 Å². The van der Waals surface area contributed by atoms with Crippen LogP contribution in [0.1, 0.15) is 17.0 Å². The number of benzene rings is 3. The topological polar surface area (TPSA) is 89.0 Å². The van der Waals surface area contributed by atoms with Crippen LogP contribution < -0.4 is 5.32 Å². The third-order valence-electron chi connectivity index (χ3n) is 4.97. The number of rotatable bonds is 6. The van der Waals surface area contributed by atoms with Crippen LogP contribution in [0.2, 0.25) is 0 Å². The summed E-state index contributed by atoms with van der Waals surface area (Å²) in [6.45, 7) is 0. The van der Waals surface area contributed by atoms with Crippen LogP contribution in [0.15, 0.2) is 102 Å². The van der Waals surface area contributed by atoms with Gasteiger partial charge in [0.1, 0.15) is 0 Å². The molecule has 0 aliphatic rings. The number of carbonyl (C=O) groups excluding carboxylic acids is 1. The predicted octanol–water partition coefficient (Wildman–Crippen LogP) is 4.32. The molecule has 1 heterocycles. The van der Waals surface area contributed by atoms with E-state index in [4.69, 9.17) is 0 Å². The Morgan fingerprint density at radius 1 is 0.781 bits per heavy atom. The minimum atomic E-state index is -3.42. The molecule has 0 atom stereocenters. The number of carbonyl (C=O) groups is 1. The first-order chi connectivity index (χ1) is 15.4.